The lowest BCUT2D eigenvalue weighted by atomic mass is 9.97. The van der Waals surface area contributed by atoms with E-state index in [9.17, 15) is 0 Å². The van der Waals surface area contributed by atoms with Crippen molar-refractivity contribution in [3.8, 4) is 11.3 Å². The molecule has 2 aromatic carbocycles. The van der Waals surface area contributed by atoms with Crippen molar-refractivity contribution in [1.29, 1.82) is 0 Å². The summed E-state index contributed by atoms with van der Waals surface area (Å²) in [6.07, 6.45) is 3.50. The highest BCUT2D eigenvalue weighted by atomic mass is 16.4. The van der Waals surface area contributed by atoms with Gasteiger partial charge in [-0.2, -0.15) is 5.10 Å². The minimum absolute atomic E-state index is 0.132. The maximum Gasteiger partial charge on any atom is 0.200 e. The van der Waals surface area contributed by atoms with Crippen molar-refractivity contribution in [3.63, 3.8) is 0 Å². The molecule has 4 rings (SSSR count). The zero-order chi connectivity index (χ0) is 21.0. The molecule has 0 spiro atoms. The van der Waals surface area contributed by atoms with Gasteiger partial charge in [-0.3, -0.25) is 5.43 Å². The Hall–Kier alpha value is -3.73. The fourth-order valence-electron chi connectivity index (χ4n) is 2.96. The molecule has 0 saturated heterocycles. The van der Waals surface area contributed by atoms with Gasteiger partial charge >= 0.3 is 0 Å². The molecule has 0 unspecified atom stereocenters. The van der Waals surface area contributed by atoms with Gasteiger partial charge < -0.3 is 4.42 Å². The minimum Gasteiger partial charge on any atom is -0.440 e. The van der Waals surface area contributed by atoms with Gasteiger partial charge in [0.1, 0.15) is 5.82 Å². The summed E-state index contributed by atoms with van der Waals surface area (Å²) in [5, 5.41) is 4.64. The number of hydrogen-bond donors (Lipinski definition) is 1. The Bertz CT molecular complexity index is 1080. The summed E-state index contributed by atoms with van der Waals surface area (Å²) in [5.74, 6) is 2.06. The Morgan fingerprint density at radius 3 is 1.93 bits per heavy atom. The predicted octanol–water partition coefficient (Wildman–Crippen LogP) is 5.90. The van der Waals surface area contributed by atoms with Crippen LogP contribution in [0.15, 0.2) is 94.7 Å². The Morgan fingerprint density at radius 2 is 1.43 bits per heavy atom. The summed E-state index contributed by atoms with van der Waals surface area (Å²) in [7, 11) is 0. The highest BCUT2D eigenvalue weighted by molar-refractivity contribution is 6.13. The SMILES string of the molecule is CC(C)(C)c1ncc(-c2ccc(NN=C(c3ccccc3)c3ccccc3)nc2)o1. The Balaban J connectivity index is 1.57. The van der Waals surface area contributed by atoms with Gasteiger partial charge in [0.05, 0.1) is 11.9 Å². The summed E-state index contributed by atoms with van der Waals surface area (Å²) in [6.45, 7) is 6.22. The third kappa shape index (κ3) is 4.46. The second kappa shape index (κ2) is 8.33. The first-order valence-electron chi connectivity index (χ1n) is 9.88. The van der Waals surface area contributed by atoms with Crippen LogP contribution in [0, 0.1) is 0 Å². The fraction of sp³-hybridized carbons (Fsp3) is 0.160. The normalized spacial score (nSPS) is 11.2. The average molecular weight is 396 g/mol. The van der Waals surface area contributed by atoms with Crippen LogP contribution in [-0.2, 0) is 5.41 Å². The molecule has 2 aromatic heterocycles. The second-order valence-electron chi connectivity index (χ2n) is 8.02. The van der Waals surface area contributed by atoms with E-state index in [4.69, 9.17) is 4.42 Å². The first kappa shape index (κ1) is 19.6. The van der Waals surface area contributed by atoms with Crippen LogP contribution in [0.5, 0.6) is 0 Å². The van der Waals surface area contributed by atoms with Crippen LogP contribution in [0.1, 0.15) is 37.8 Å². The molecule has 0 aliphatic carbocycles. The Kier molecular flexibility index (Phi) is 5.44. The van der Waals surface area contributed by atoms with Gasteiger partial charge in [-0.1, -0.05) is 81.4 Å². The number of benzene rings is 2. The van der Waals surface area contributed by atoms with Crippen molar-refractivity contribution in [3.05, 3.63) is 102 Å². The molecule has 5 heteroatoms. The first-order valence-corrected chi connectivity index (χ1v) is 9.88. The predicted molar refractivity (Wildman–Crippen MR) is 121 cm³/mol. The molecule has 0 saturated carbocycles. The Labute approximate surface area is 176 Å². The lowest BCUT2D eigenvalue weighted by molar-refractivity contribution is 0.399. The third-order valence-electron chi connectivity index (χ3n) is 4.57. The summed E-state index contributed by atoms with van der Waals surface area (Å²) in [5.41, 5.74) is 6.74. The third-order valence-corrected chi connectivity index (χ3v) is 4.57. The van der Waals surface area contributed by atoms with Crippen LogP contribution in [-0.4, -0.2) is 15.7 Å². The van der Waals surface area contributed by atoms with Crippen molar-refractivity contribution in [1.82, 2.24) is 9.97 Å². The molecule has 0 radical (unpaired) electrons. The number of hydrogen-bond acceptors (Lipinski definition) is 5. The van der Waals surface area contributed by atoms with Crippen LogP contribution < -0.4 is 5.43 Å². The van der Waals surface area contributed by atoms with Crippen LogP contribution >= 0.6 is 0 Å². The van der Waals surface area contributed by atoms with E-state index < -0.39 is 0 Å². The molecule has 150 valence electrons. The number of oxazole rings is 1. The van der Waals surface area contributed by atoms with E-state index in [1.807, 2.05) is 72.8 Å². The largest absolute Gasteiger partial charge is 0.440 e. The minimum atomic E-state index is -0.132. The zero-order valence-corrected chi connectivity index (χ0v) is 17.3. The lowest BCUT2D eigenvalue weighted by Crippen LogP contribution is -2.10. The molecule has 30 heavy (non-hydrogen) atoms. The maximum atomic E-state index is 5.89. The number of nitrogens with zero attached hydrogens (tertiary/aromatic N) is 3. The van der Waals surface area contributed by atoms with Crippen molar-refractivity contribution >= 4 is 11.5 Å². The second-order valence-corrected chi connectivity index (χ2v) is 8.02. The highest BCUT2D eigenvalue weighted by Crippen LogP contribution is 2.27. The van der Waals surface area contributed by atoms with E-state index in [0.29, 0.717) is 17.5 Å². The van der Waals surface area contributed by atoms with E-state index in [1.54, 1.807) is 12.4 Å². The molecule has 0 fully saturated rings. The summed E-state index contributed by atoms with van der Waals surface area (Å²) in [4.78, 5) is 8.86. The van der Waals surface area contributed by atoms with Crippen molar-refractivity contribution < 1.29 is 4.42 Å². The molecular weight excluding hydrogens is 372 g/mol. The van der Waals surface area contributed by atoms with Crippen molar-refractivity contribution in [2.75, 3.05) is 5.43 Å². The van der Waals surface area contributed by atoms with Gasteiger partial charge in [-0.05, 0) is 12.1 Å². The summed E-state index contributed by atoms with van der Waals surface area (Å²) in [6, 6.07) is 24.0. The van der Waals surface area contributed by atoms with Crippen LogP contribution in [0.25, 0.3) is 11.3 Å². The maximum absolute atomic E-state index is 5.89. The fourth-order valence-corrected chi connectivity index (χ4v) is 2.96. The van der Waals surface area contributed by atoms with Gasteiger partial charge in [0.15, 0.2) is 11.7 Å². The van der Waals surface area contributed by atoms with Crippen LogP contribution in [0.3, 0.4) is 0 Å². The molecule has 0 amide bonds. The van der Waals surface area contributed by atoms with Crippen LogP contribution in [0.4, 0.5) is 5.82 Å². The van der Waals surface area contributed by atoms with E-state index >= 15 is 0 Å². The number of rotatable bonds is 5. The number of anilines is 1. The standard InChI is InChI=1S/C25H24N4O/c1-25(2,3)24-27-17-21(30-24)20-14-15-22(26-16-20)28-29-23(18-10-6-4-7-11-18)19-12-8-5-9-13-19/h4-17H,1-3H3,(H,26,28). The Morgan fingerprint density at radius 1 is 0.800 bits per heavy atom. The van der Waals surface area contributed by atoms with E-state index in [2.05, 4.69) is 41.3 Å². The van der Waals surface area contributed by atoms with E-state index in [1.165, 1.54) is 0 Å². The molecule has 2 heterocycles. The molecule has 0 bridgehead atoms. The molecular formula is C25H24N4O. The van der Waals surface area contributed by atoms with Gasteiger partial charge in [0.2, 0.25) is 0 Å². The number of hydrazone groups is 1. The monoisotopic (exact) mass is 396 g/mol. The summed E-state index contributed by atoms with van der Waals surface area (Å²) < 4.78 is 5.89. The molecule has 0 aliphatic rings. The summed E-state index contributed by atoms with van der Waals surface area (Å²) >= 11 is 0. The first-order chi connectivity index (χ1) is 14.5. The number of nitrogens with one attached hydrogen (secondary N) is 1. The van der Waals surface area contributed by atoms with E-state index in [0.717, 1.165) is 22.4 Å². The van der Waals surface area contributed by atoms with Crippen molar-refractivity contribution in [2.45, 2.75) is 26.2 Å². The van der Waals surface area contributed by atoms with Gasteiger partial charge in [-0.25, -0.2) is 9.97 Å². The number of aromatic nitrogens is 2. The smallest absolute Gasteiger partial charge is 0.200 e. The number of pyridine rings is 1. The molecule has 0 aliphatic heterocycles. The van der Waals surface area contributed by atoms with Gasteiger partial charge in [0, 0.05) is 28.3 Å². The molecule has 5 nitrogen and oxygen atoms in total. The molecule has 1 N–H and O–H groups in total. The van der Waals surface area contributed by atoms with Crippen molar-refractivity contribution in [2.24, 2.45) is 5.10 Å². The van der Waals surface area contributed by atoms with Gasteiger partial charge in [0.25, 0.3) is 0 Å². The quantitative estimate of drug-likeness (QED) is 0.337. The average Bonchev–Trinajstić information content (AvgIpc) is 3.27. The van der Waals surface area contributed by atoms with Gasteiger partial charge in [-0.15, -0.1) is 0 Å². The molecule has 0 atom stereocenters. The van der Waals surface area contributed by atoms with E-state index in [-0.39, 0.29) is 5.41 Å². The molecule has 4 aromatic rings. The zero-order valence-electron chi connectivity index (χ0n) is 17.3. The van der Waals surface area contributed by atoms with Crippen LogP contribution in [0.2, 0.25) is 0 Å². The lowest BCUT2D eigenvalue weighted by Gasteiger charge is -2.12. The topological polar surface area (TPSA) is 63.3 Å². The highest BCUT2D eigenvalue weighted by Gasteiger charge is 2.20.